The van der Waals surface area contributed by atoms with Crippen molar-refractivity contribution in [3.63, 3.8) is 0 Å². The third-order valence-electron chi connectivity index (χ3n) is 3.93. The fourth-order valence-corrected chi connectivity index (χ4v) is 3.00. The first-order valence-corrected chi connectivity index (χ1v) is 6.62. The second kappa shape index (κ2) is 4.67. The Morgan fingerprint density at radius 3 is 2.89 bits per heavy atom. The lowest BCUT2D eigenvalue weighted by Gasteiger charge is -2.36. The van der Waals surface area contributed by atoms with Crippen LogP contribution in [0, 0.1) is 0 Å². The molecule has 1 aliphatic carbocycles. The Kier molecular flexibility index (Phi) is 2.99. The molecular formula is C16H18N2O. The minimum absolute atomic E-state index is 0.540. The molecule has 3 nitrogen and oxygen atoms in total. The second-order valence-electron chi connectivity index (χ2n) is 5.04. The summed E-state index contributed by atoms with van der Waals surface area (Å²) in [5, 5.41) is 0. The first kappa shape index (κ1) is 12.2. The van der Waals surface area contributed by atoms with Gasteiger partial charge in [-0.15, -0.1) is 0 Å². The number of nitrogens with zero attached hydrogens (tertiary/aromatic N) is 1. The molecule has 0 aliphatic heterocycles. The summed E-state index contributed by atoms with van der Waals surface area (Å²) in [4.78, 5) is 4.49. The van der Waals surface area contributed by atoms with E-state index in [0.717, 1.165) is 30.7 Å². The van der Waals surface area contributed by atoms with E-state index in [1.165, 1.54) is 11.1 Å². The van der Waals surface area contributed by atoms with Gasteiger partial charge in [-0.1, -0.05) is 24.3 Å². The molecule has 0 spiro atoms. The van der Waals surface area contributed by atoms with Crippen LogP contribution in [0.2, 0.25) is 0 Å². The van der Waals surface area contributed by atoms with Gasteiger partial charge in [-0.3, -0.25) is 4.98 Å². The third-order valence-corrected chi connectivity index (χ3v) is 3.93. The van der Waals surface area contributed by atoms with Gasteiger partial charge in [0.2, 0.25) is 0 Å². The van der Waals surface area contributed by atoms with Crippen LogP contribution < -0.4 is 10.5 Å². The minimum Gasteiger partial charge on any atom is -0.495 e. The fourth-order valence-electron chi connectivity index (χ4n) is 3.00. The van der Waals surface area contributed by atoms with Crippen molar-refractivity contribution in [1.82, 2.24) is 4.98 Å². The lowest BCUT2D eigenvalue weighted by molar-refractivity contribution is 0.370. The molecule has 2 aromatic rings. The Morgan fingerprint density at radius 1 is 1.21 bits per heavy atom. The quantitative estimate of drug-likeness (QED) is 0.896. The highest BCUT2D eigenvalue weighted by molar-refractivity contribution is 5.46. The highest BCUT2D eigenvalue weighted by Crippen LogP contribution is 2.40. The first-order valence-electron chi connectivity index (χ1n) is 6.62. The largest absolute Gasteiger partial charge is 0.495 e. The van der Waals surface area contributed by atoms with E-state index in [0.29, 0.717) is 0 Å². The Bertz CT molecular complexity index is 597. The van der Waals surface area contributed by atoms with Crippen LogP contribution in [0.5, 0.6) is 5.75 Å². The molecule has 19 heavy (non-hydrogen) atoms. The predicted molar refractivity (Wildman–Crippen MR) is 75.1 cm³/mol. The Balaban J connectivity index is 2.19. The van der Waals surface area contributed by atoms with E-state index in [1.54, 1.807) is 13.3 Å². The molecule has 1 aliphatic rings. The Hall–Kier alpha value is -1.87. The summed E-state index contributed by atoms with van der Waals surface area (Å²) >= 11 is 0. The molecule has 3 rings (SSSR count). The highest BCUT2D eigenvalue weighted by Gasteiger charge is 2.37. The van der Waals surface area contributed by atoms with Crippen LogP contribution in [0.25, 0.3) is 0 Å². The minimum atomic E-state index is -0.540. The van der Waals surface area contributed by atoms with Crippen LogP contribution in [-0.4, -0.2) is 12.1 Å². The molecule has 3 heteroatoms. The summed E-state index contributed by atoms with van der Waals surface area (Å²) in [6.07, 6.45) is 4.85. The number of rotatable bonds is 2. The van der Waals surface area contributed by atoms with Crippen molar-refractivity contribution in [1.29, 1.82) is 0 Å². The molecular weight excluding hydrogens is 236 g/mol. The van der Waals surface area contributed by atoms with Crippen molar-refractivity contribution in [2.45, 2.75) is 24.8 Å². The summed E-state index contributed by atoms with van der Waals surface area (Å²) < 4.78 is 5.44. The van der Waals surface area contributed by atoms with Gasteiger partial charge in [0, 0.05) is 6.20 Å². The van der Waals surface area contributed by atoms with Crippen LogP contribution in [0.4, 0.5) is 0 Å². The molecule has 1 atom stereocenters. The first-order chi connectivity index (χ1) is 9.25. The molecule has 0 saturated carbocycles. The molecule has 0 bridgehead atoms. The zero-order chi connectivity index (χ0) is 13.3. The van der Waals surface area contributed by atoms with E-state index in [4.69, 9.17) is 10.5 Å². The SMILES string of the molecule is COc1cccnc1C1(N)CCCc2ccccc21. The fraction of sp³-hybridized carbons (Fsp3) is 0.312. The maximum absolute atomic E-state index is 6.73. The van der Waals surface area contributed by atoms with Crippen molar-refractivity contribution in [3.05, 3.63) is 59.4 Å². The van der Waals surface area contributed by atoms with Crippen molar-refractivity contribution >= 4 is 0 Å². The standard InChI is InChI=1S/C16H18N2O/c1-19-14-9-5-11-18-15(14)16(17)10-4-7-12-6-2-3-8-13(12)16/h2-3,5-6,8-9,11H,4,7,10,17H2,1H3. The van der Waals surface area contributed by atoms with E-state index >= 15 is 0 Å². The number of hydrogen-bond donors (Lipinski definition) is 1. The van der Waals surface area contributed by atoms with Crippen LogP contribution in [-0.2, 0) is 12.0 Å². The van der Waals surface area contributed by atoms with Gasteiger partial charge in [0.05, 0.1) is 12.6 Å². The number of pyridine rings is 1. The predicted octanol–water partition coefficient (Wildman–Crippen LogP) is 2.63. The summed E-state index contributed by atoms with van der Waals surface area (Å²) in [7, 11) is 1.67. The molecule has 2 N–H and O–H groups in total. The molecule has 1 aromatic carbocycles. The van der Waals surface area contributed by atoms with E-state index in [9.17, 15) is 0 Å². The van der Waals surface area contributed by atoms with Gasteiger partial charge in [-0.05, 0) is 42.5 Å². The maximum atomic E-state index is 6.73. The lowest BCUT2D eigenvalue weighted by Crippen LogP contribution is -2.42. The highest BCUT2D eigenvalue weighted by atomic mass is 16.5. The molecule has 1 aromatic heterocycles. The second-order valence-corrected chi connectivity index (χ2v) is 5.04. The summed E-state index contributed by atoms with van der Waals surface area (Å²) in [6.45, 7) is 0. The van der Waals surface area contributed by atoms with Gasteiger partial charge in [0.1, 0.15) is 11.4 Å². The number of ether oxygens (including phenoxy) is 1. The Morgan fingerprint density at radius 2 is 2.05 bits per heavy atom. The van der Waals surface area contributed by atoms with Gasteiger partial charge in [-0.2, -0.15) is 0 Å². The third kappa shape index (κ3) is 1.90. The number of aromatic nitrogens is 1. The Labute approximate surface area is 113 Å². The van der Waals surface area contributed by atoms with Crippen LogP contribution in [0.3, 0.4) is 0 Å². The van der Waals surface area contributed by atoms with E-state index < -0.39 is 5.54 Å². The number of fused-ring (bicyclic) bond motifs is 1. The zero-order valence-corrected chi connectivity index (χ0v) is 11.1. The lowest BCUT2D eigenvalue weighted by atomic mass is 9.75. The van der Waals surface area contributed by atoms with Gasteiger partial charge in [0.15, 0.2) is 0 Å². The summed E-state index contributed by atoms with van der Waals surface area (Å²) in [6, 6.07) is 12.2. The number of nitrogens with two attached hydrogens (primary N) is 1. The number of methoxy groups -OCH3 is 1. The summed E-state index contributed by atoms with van der Waals surface area (Å²) in [5.74, 6) is 0.765. The van der Waals surface area contributed by atoms with Gasteiger partial charge in [-0.25, -0.2) is 0 Å². The molecule has 0 saturated heterocycles. The van der Waals surface area contributed by atoms with Crippen LogP contribution in [0.1, 0.15) is 29.7 Å². The zero-order valence-electron chi connectivity index (χ0n) is 11.1. The van der Waals surface area contributed by atoms with Crippen molar-refractivity contribution in [2.75, 3.05) is 7.11 Å². The van der Waals surface area contributed by atoms with E-state index in [-0.39, 0.29) is 0 Å². The topological polar surface area (TPSA) is 48.1 Å². The summed E-state index contributed by atoms with van der Waals surface area (Å²) in [5.41, 5.74) is 9.53. The molecule has 98 valence electrons. The molecule has 1 unspecified atom stereocenters. The number of hydrogen-bond acceptors (Lipinski definition) is 3. The van der Waals surface area contributed by atoms with Gasteiger partial charge < -0.3 is 10.5 Å². The van der Waals surface area contributed by atoms with E-state index in [2.05, 4.69) is 23.2 Å². The van der Waals surface area contributed by atoms with Gasteiger partial charge >= 0.3 is 0 Å². The van der Waals surface area contributed by atoms with Crippen LogP contribution in [0.15, 0.2) is 42.6 Å². The average molecular weight is 254 g/mol. The van der Waals surface area contributed by atoms with Crippen LogP contribution >= 0.6 is 0 Å². The average Bonchev–Trinajstić information content (AvgIpc) is 2.48. The number of benzene rings is 1. The van der Waals surface area contributed by atoms with E-state index in [1.807, 2.05) is 18.2 Å². The number of aryl methyl sites for hydroxylation is 1. The normalized spacial score (nSPS) is 21.8. The molecule has 0 fully saturated rings. The smallest absolute Gasteiger partial charge is 0.142 e. The van der Waals surface area contributed by atoms with Crippen molar-refractivity contribution in [3.8, 4) is 5.75 Å². The van der Waals surface area contributed by atoms with Gasteiger partial charge in [0.25, 0.3) is 0 Å². The molecule has 1 heterocycles. The monoisotopic (exact) mass is 254 g/mol. The molecule has 0 radical (unpaired) electrons. The molecule has 0 amide bonds. The van der Waals surface area contributed by atoms with Crippen molar-refractivity contribution < 1.29 is 4.74 Å². The van der Waals surface area contributed by atoms with Crippen molar-refractivity contribution in [2.24, 2.45) is 5.73 Å². The maximum Gasteiger partial charge on any atom is 0.142 e.